The molecular weight excluding hydrogens is 639 g/mol. The normalized spacial score (nSPS) is 13.9. The van der Waals surface area contributed by atoms with Gasteiger partial charge in [-0.2, -0.15) is 15.5 Å². The molecule has 0 atom stereocenters. The topological polar surface area (TPSA) is 114 Å². The number of fused-ring (bicyclic) bond motifs is 2. The highest BCUT2D eigenvalue weighted by atomic mass is 32.2. The molecule has 0 unspecified atom stereocenters. The molecule has 0 radical (unpaired) electrons. The average Bonchev–Trinajstić information content (AvgIpc) is 3.99. The molecule has 8 rings (SSSR count). The summed E-state index contributed by atoms with van der Waals surface area (Å²) in [6.07, 6.45) is 9.21. The summed E-state index contributed by atoms with van der Waals surface area (Å²) in [5, 5.41) is 22.7. The van der Waals surface area contributed by atoms with Gasteiger partial charge in [-0.3, -0.25) is 5.10 Å². The molecule has 46 heavy (non-hydrogen) atoms. The second kappa shape index (κ2) is 13.0. The third-order valence-corrected chi connectivity index (χ3v) is 8.14. The largest absolute Gasteiger partial charge is 0.321 e. The monoisotopic (exact) mass is 663 g/mol. The number of imidazole rings is 2. The van der Waals surface area contributed by atoms with Crippen molar-refractivity contribution >= 4 is 46.0 Å². The van der Waals surface area contributed by atoms with Gasteiger partial charge in [0, 0.05) is 54.4 Å². The molecule has 0 aliphatic heterocycles. The first-order valence-electron chi connectivity index (χ1n) is 14.2. The maximum atomic E-state index is 13.6. The molecule has 15 heteroatoms. The molecule has 0 saturated heterocycles. The van der Waals surface area contributed by atoms with Crippen molar-refractivity contribution in [2.45, 2.75) is 49.7 Å². The van der Waals surface area contributed by atoms with Gasteiger partial charge in [0.15, 0.2) is 23.3 Å². The Morgan fingerprint density at radius 3 is 1.74 bits per heavy atom. The molecule has 2 aromatic carbocycles. The zero-order valence-corrected chi connectivity index (χ0v) is 26.1. The van der Waals surface area contributed by atoms with Crippen LogP contribution in [0.4, 0.5) is 17.6 Å². The number of nitrogens with one attached hydrogen (secondary N) is 1. The molecule has 0 amide bonds. The van der Waals surface area contributed by atoms with E-state index in [2.05, 4.69) is 30.4 Å². The Hall–Kier alpha value is -4.68. The summed E-state index contributed by atoms with van der Waals surface area (Å²) < 4.78 is 58.5. The number of H-pyrrole nitrogens is 1. The lowest BCUT2D eigenvalue weighted by atomic mass is 10.3. The van der Waals surface area contributed by atoms with Gasteiger partial charge in [0.2, 0.25) is 0 Å². The average molecular weight is 664 g/mol. The van der Waals surface area contributed by atoms with Crippen molar-refractivity contribution in [1.82, 2.24) is 39.5 Å². The Morgan fingerprint density at radius 2 is 1.28 bits per heavy atom. The summed E-state index contributed by atoms with van der Waals surface area (Å²) in [6.45, 7) is 1.43. The molecular formula is C31H25F4N9S2. The van der Waals surface area contributed by atoms with Crippen LogP contribution >= 0.6 is 24.0 Å². The lowest BCUT2D eigenvalue weighted by molar-refractivity contribution is 0.510. The van der Waals surface area contributed by atoms with Gasteiger partial charge in [-0.1, -0.05) is 12.2 Å². The van der Waals surface area contributed by atoms with Gasteiger partial charge in [-0.15, -0.1) is 16.9 Å². The highest BCUT2D eigenvalue weighted by Gasteiger charge is 2.30. The fourth-order valence-corrected chi connectivity index (χ4v) is 5.61. The van der Waals surface area contributed by atoms with Crippen molar-refractivity contribution in [2.75, 3.05) is 6.26 Å². The second-order valence-corrected chi connectivity index (χ2v) is 11.9. The van der Waals surface area contributed by atoms with Crippen molar-refractivity contribution in [3.63, 3.8) is 0 Å². The van der Waals surface area contributed by atoms with Crippen LogP contribution in [0.5, 0.6) is 0 Å². The number of benzene rings is 2. The predicted octanol–water partition coefficient (Wildman–Crippen LogP) is 8.13. The predicted molar refractivity (Wildman–Crippen MR) is 168 cm³/mol. The Morgan fingerprint density at radius 1 is 0.804 bits per heavy atom. The van der Waals surface area contributed by atoms with E-state index < -0.39 is 23.3 Å². The van der Waals surface area contributed by atoms with Crippen LogP contribution < -0.4 is 0 Å². The van der Waals surface area contributed by atoms with Crippen LogP contribution in [0.25, 0.3) is 44.8 Å². The van der Waals surface area contributed by atoms with E-state index in [1.54, 1.807) is 24.5 Å². The minimum Gasteiger partial charge on any atom is -0.321 e. The summed E-state index contributed by atoms with van der Waals surface area (Å²) in [4.78, 5) is 8.94. The van der Waals surface area contributed by atoms with Crippen LogP contribution in [0.1, 0.15) is 44.7 Å². The van der Waals surface area contributed by atoms with E-state index in [0.29, 0.717) is 38.4 Å². The first-order chi connectivity index (χ1) is 22.2. The van der Waals surface area contributed by atoms with Crippen molar-refractivity contribution in [1.29, 1.82) is 5.26 Å². The summed E-state index contributed by atoms with van der Waals surface area (Å²) >= 11 is 6.56. The van der Waals surface area contributed by atoms with E-state index in [1.807, 2.05) is 21.5 Å². The quantitative estimate of drug-likeness (QED) is 0.112. The third kappa shape index (κ3) is 6.35. The molecule has 2 aliphatic rings. The Balaban J connectivity index is 0.000000149. The molecule has 234 valence electrons. The van der Waals surface area contributed by atoms with E-state index in [-0.39, 0.29) is 12.1 Å². The lowest BCUT2D eigenvalue weighted by Gasteiger charge is -2.07. The molecule has 4 aromatic heterocycles. The van der Waals surface area contributed by atoms with Crippen LogP contribution in [-0.4, -0.2) is 45.8 Å². The van der Waals surface area contributed by atoms with Crippen LogP contribution in [-0.2, 0) is 0 Å². The molecule has 4 heterocycles. The fourth-order valence-electron chi connectivity index (χ4n) is 5.06. The molecule has 2 fully saturated rings. The summed E-state index contributed by atoms with van der Waals surface area (Å²) in [6, 6.07) is 10.7. The number of nitrogens with zero attached hydrogens (tertiary/aromatic N) is 8. The number of hydrogen-bond donors (Lipinski definition) is 1. The summed E-state index contributed by atoms with van der Waals surface area (Å²) in [5.41, 5.74) is 3.67. The highest BCUT2D eigenvalue weighted by molar-refractivity contribution is 7.98. The first kappa shape index (κ1) is 31.3. The van der Waals surface area contributed by atoms with Crippen LogP contribution in [0, 0.1) is 39.2 Å². The van der Waals surface area contributed by atoms with Gasteiger partial charge in [-0.05, 0) is 44.1 Å². The standard InChI is InChI=1S/C15H12F2N4S.C14H10F2N4S.C2H3N/c1-22-14-4-8(7-18-20-14)15-19-12-5-10(16)11(17)6-13(12)21(15)9-2-3-9;15-9-4-11-12(5-10(9)16)20(8-1-2-8)14(18-11)7-3-13(21)19-17-6-7;1-2-3/h4-7,9H,2-3H2,1H3;3-6,8H,1-2H2,(H,19,21);1H3. The molecule has 0 spiro atoms. The maximum absolute atomic E-state index is 13.6. The van der Waals surface area contributed by atoms with Gasteiger partial charge in [0.25, 0.3) is 0 Å². The van der Waals surface area contributed by atoms with E-state index in [1.165, 1.54) is 30.8 Å². The number of hydrogen-bond acceptors (Lipinski definition) is 8. The minimum absolute atomic E-state index is 0.271. The number of nitriles is 1. The molecule has 0 bridgehead atoms. The van der Waals surface area contributed by atoms with Crippen molar-refractivity contribution in [3.05, 3.63) is 76.7 Å². The van der Waals surface area contributed by atoms with Crippen LogP contribution in [0.3, 0.4) is 0 Å². The number of aromatic amines is 1. The van der Waals surface area contributed by atoms with Crippen molar-refractivity contribution in [3.8, 4) is 28.8 Å². The molecule has 6 aromatic rings. The van der Waals surface area contributed by atoms with E-state index in [9.17, 15) is 17.6 Å². The maximum Gasteiger partial charge on any atom is 0.161 e. The fraction of sp³-hybridized carbons (Fsp3) is 0.258. The molecule has 9 nitrogen and oxygen atoms in total. The molecule has 1 N–H and O–H groups in total. The summed E-state index contributed by atoms with van der Waals surface area (Å²) in [5.74, 6) is -2.15. The van der Waals surface area contributed by atoms with Gasteiger partial charge in [0.1, 0.15) is 21.3 Å². The first-order valence-corrected chi connectivity index (χ1v) is 15.8. The molecule has 2 aliphatic carbocycles. The number of thioether (sulfide) groups is 1. The second-order valence-electron chi connectivity index (χ2n) is 10.6. The number of rotatable bonds is 5. The van der Waals surface area contributed by atoms with Gasteiger partial charge < -0.3 is 9.13 Å². The number of halogens is 4. The zero-order valence-electron chi connectivity index (χ0n) is 24.5. The van der Waals surface area contributed by atoms with Gasteiger partial charge in [0.05, 0.1) is 40.5 Å². The Labute approximate surface area is 269 Å². The van der Waals surface area contributed by atoms with E-state index >= 15 is 0 Å². The third-order valence-electron chi connectivity index (χ3n) is 7.31. The minimum atomic E-state index is -0.891. The zero-order chi connectivity index (χ0) is 32.5. The van der Waals surface area contributed by atoms with Gasteiger partial charge in [-0.25, -0.2) is 27.5 Å². The SMILES string of the molecule is CC#N.CSc1cc(-c2nc3cc(F)c(F)cc3n2C2CC2)cnn1.Fc1cc2nc(-c3cn[nH]c(=S)c3)n(C3CC3)c2cc1F. The smallest absolute Gasteiger partial charge is 0.161 e. The van der Waals surface area contributed by atoms with Crippen molar-refractivity contribution in [2.24, 2.45) is 0 Å². The Kier molecular flexibility index (Phi) is 8.83. The van der Waals surface area contributed by atoms with Crippen LogP contribution in [0.15, 0.2) is 53.8 Å². The summed E-state index contributed by atoms with van der Waals surface area (Å²) in [7, 11) is 0. The molecule has 2 saturated carbocycles. The highest BCUT2D eigenvalue weighted by Crippen LogP contribution is 2.42. The lowest BCUT2D eigenvalue weighted by Crippen LogP contribution is -1.99. The van der Waals surface area contributed by atoms with E-state index in [0.717, 1.165) is 54.0 Å². The Bertz CT molecular complexity index is 2180. The van der Waals surface area contributed by atoms with Gasteiger partial charge >= 0.3 is 0 Å². The van der Waals surface area contributed by atoms with Crippen LogP contribution in [0.2, 0.25) is 0 Å². The number of aromatic nitrogens is 8. The van der Waals surface area contributed by atoms with E-state index in [4.69, 9.17) is 17.5 Å². The van der Waals surface area contributed by atoms with Crippen molar-refractivity contribution < 1.29 is 17.6 Å².